The molecule has 0 aliphatic carbocycles. The lowest BCUT2D eigenvalue weighted by Crippen LogP contribution is -2.03. The Labute approximate surface area is 159 Å². The monoisotopic (exact) mass is 362 g/mol. The Hall–Kier alpha value is -3.21. The lowest BCUT2D eigenvalue weighted by atomic mass is 10.0. The van der Waals surface area contributed by atoms with Crippen molar-refractivity contribution in [3.8, 4) is 17.1 Å². The largest absolute Gasteiger partial charge is 0.473 e. The molecular formula is C22H22N2O3. The number of aryl methyl sites for hydroxylation is 3. The summed E-state index contributed by atoms with van der Waals surface area (Å²) in [7, 11) is 1.37. The number of rotatable bonds is 5. The van der Waals surface area contributed by atoms with Crippen molar-refractivity contribution in [2.75, 3.05) is 7.11 Å². The molecule has 27 heavy (non-hydrogen) atoms. The molecule has 1 heterocycles. The number of benzene rings is 2. The van der Waals surface area contributed by atoms with Crippen molar-refractivity contribution < 1.29 is 14.3 Å². The fourth-order valence-electron chi connectivity index (χ4n) is 2.85. The molecule has 3 rings (SSSR count). The van der Waals surface area contributed by atoms with E-state index in [0.29, 0.717) is 29.6 Å². The van der Waals surface area contributed by atoms with Crippen LogP contribution in [-0.4, -0.2) is 23.0 Å². The first-order valence-corrected chi connectivity index (χ1v) is 8.69. The number of aromatic nitrogens is 2. The second kappa shape index (κ2) is 7.99. The summed E-state index contributed by atoms with van der Waals surface area (Å²) in [6.45, 7) is 6.27. The van der Waals surface area contributed by atoms with Gasteiger partial charge in [-0.05, 0) is 44.0 Å². The van der Waals surface area contributed by atoms with Crippen molar-refractivity contribution >= 4 is 5.97 Å². The van der Waals surface area contributed by atoms with E-state index in [0.717, 1.165) is 16.7 Å². The van der Waals surface area contributed by atoms with Crippen molar-refractivity contribution in [1.29, 1.82) is 0 Å². The van der Waals surface area contributed by atoms with E-state index < -0.39 is 0 Å². The molecule has 0 fully saturated rings. The summed E-state index contributed by atoms with van der Waals surface area (Å²) in [5.41, 5.74) is 5.32. The molecule has 0 atom stereocenters. The first-order chi connectivity index (χ1) is 13.0. The molecule has 0 saturated carbocycles. The van der Waals surface area contributed by atoms with E-state index in [1.54, 1.807) is 18.2 Å². The lowest BCUT2D eigenvalue weighted by Gasteiger charge is -2.11. The van der Waals surface area contributed by atoms with E-state index in [1.165, 1.54) is 12.7 Å². The smallest absolute Gasteiger partial charge is 0.337 e. The van der Waals surface area contributed by atoms with Gasteiger partial charge in [-0.1, -0.05) is 35.9 Å². The molecule has 0 N–H and O–H groups in total. The van der Waals surface area contributed by atoms with E-state index in [2.05, 4.69) is 16.0 Å². The highest BCUT2D eigenvalue weighted by Gasteiger charge is 2.12. The topological polar surface area (TPSA) is 61.3 Å². The predicted octanol–water partition coefficient (Wildman–Crippen LogP) is 4.43. The van der Waals surface area contributed by atoms with Gasteiger partial charge in [0.2, 0.25) is 5.88 Å². The van der Waals surface area contributed by atoms with Gasteiger partial charge in [0.25, 0.3) is 0 Å². The van der Waals surface area contributed by atoms with Crippen molar-refractivity contribution in [3.63, 3.8) is 0 Å². The number of carbonyl (C=O) groups is 1. The number of ether oxygens (including phenoxy) is 2. The molecule has 1 aromatic heterocycles. The molecule has 3 aromatic rings. The van der Waals surface area contributed by atoms with Crippen LogP contribution < -0.4 is 4.74 Å². The number of hydrogen-bond donors (Lipinski definition) is 0. The Kier molecular flexibility index (Phi) is 5.50. The average Bonchev–Trinajstić information content (AvgIpc) is 2.66. The third kappa shape index (κ3) is 4.50. The van der Waals surface area contributed by atoms with Gasteiger partial charge in [-0.15, -0.1) is 0 Å². The number of esters is 1. The van der Waals surface area contributed by atoms with Gasteiger partial charge in [-0.25, -0.2) is 9.78 Å². The van der Waals surface area contributed by atoms with Gasteiger partial charge >= 0.3 is 5.97 Å². The molecule has 0 aliphatic rings. The number of nitrogens with zero attached hydrogens (tertiary/aromatic N) is 2. The van der Waals surface area contributed by atoms with Crippen molar-refractivity contribution in [1.82, 2.24) is 9.97 Å². The molecular weight excluding hydrogens is 340 g/mol. The summed E-state index contributed by atoms with van der Waals surface area (Å²) in [6.07, 6.45) is 0. The number of carbonyl (C=O) groups excluding carboxylic acids is 1. The molecule has 0 amide bonds. The van der Waals surface area contributed by atoms with Crippen LogP contribution in [-0.2, 0) is 11.3 Å². The van der Waals surface area contributed by atoms with Gasteiger partial charge in [0.05, 0.1) is 18.4 Å². The summed E-state index contributed by atoms with van der Waals surface area (Å²) >= 11 is 0. The Morgan fingerprint density at radius 2 is 1.81 bits per heavy atom. The second-order valence-electron chi connectivity index (χ2n) is 6.44. The van der Waals surface area contributed by atoms with Crippen LogP contribution in [0.5, 0.6) is 5.88 Å². The zero-order chi connectivity index (χ0) is 19.4. The second-order valence-corrected chi connectivity index (χ2v) is 6.44. The summed E-state index contributed by atoms with van der Waals surface area (Å²) in [5.74, 6) is 0.731. The predicted molar refractivity (Wildman–Crippen MR) is 104 cm³/mol. The maximum atomic E-state index is 11.8. The Balaban J connectivity index is 1.90. The summed E-state index contributed by atoms with van der Waals surface area (Å²) in [4.78, 5) is 20.7. The van der Waals surface area contributed by atoms with Crippen LogP contribution in [0.3, 0.4) is 0 Å². The first-order valence-electron chi connectivity index (χ1n) is 8.69. The molecule has 5 nitrogen and oxygen atoms in total. The van der Waals surface area contributed by atoms with Crippen LogP contribution in [0.15, 0.2) is 48.5 Å². The van der Waals surface area contributed by atoms with Gasteiger partial charge in [-0.2, -0.15) is 4.98 Å². The Morgan fingerprint density at radius 3 is 2.56 bits per heavy atom. The number of methoxy groups -OCH3 is 1. The molecule has 0 aliphatic heterocycles. The van der Waals surface area contributed by atoms with Gasteiger partial charge in [0.1, 0.15) is 12.4 Å². The zero-order valence-electron chi connectivity index (χ0n) is 15.9. The zero-order valence-corrected chi connectivity index (χ0v) is 15.9. The molecule has 0 spiro atoms. The average molecular weight is 362 g/mol. The van der Waals surface area contributed by atoms with Gasteiger partial charge in [0.15, 0.2) is 0 Å². The molecule has 2 aromatic carbocycles. The Morgan fingerprint density at radius 1 is 1.00 bits per heavy atom. The Bertz CT molecular complexity index is 983. The quantitative estimate of drug-likeness (QED) is 0.628. The highest BCUT2D eigenvalue weighted by Crippen LogP contribution is 2.26. The molecule has 138 valence electrons. The maximum Gasteiger partial charge on any atom is 0.337 e. The highest BCUT2D eigenvalue weighted by molar-refractivity contribution is 5.91. The van der Waals surface area contributed by atoms with Crippen LogP contribution in [0.1, 0.15) is 32.9 Å². The minimum absolute atomic E-state index is 0.377. The standard InChI is InChI=1S/C22H22N2O3/c1-14-6-5-7-17(10-14)13-27-21-12-20(23-16(3)24-21)19-11-18(22(25)26-4)9-8-15(19)2/h5-12H,13H2,1-4H3. The minimum Gasteiger partial charge on any atom is -0.473 e. The molecule has 0 saturated heterocycles. The molecule has 5 heteroatoms. The summed E-state index contributed by atoms with van der Waals surface area (Å²) < 4.78 is 10.7. The van der Waals surface area contributed by atoms with Crippen LogP contribution >= 0.6 is 0 Å². The van der Waals surface area contributed by atoms with Crippen molar-refractivity contribution in [3.05, 3.63) is 76.6 Å². The maximum absolute atomic E-state index is 11.8. The number of hydrogen-bond acceptors (Lipinski definition) is 5. The van der Waals surface area contributed by atoms with Gasteiger partial charge < -0.3 is 9.47 Å². The SMILES string of the molecule is COC(=O)c1ccc(C)c(-c2cc(OCc3cccc(C)c3)nc(C)n2)c1. The third-order valence-corrected chi connectivity index (χ3v) is 4.22. The lowest BCUT2D eigenvalue weighted by molar-refractivity contribution is 0.0601. The van der Waals surface area contributed by atoms with E-state index in [4.69, 9.17) is 9.47 Å². The van der Waals surface area contributed by atoms with Gasteiger partial charge in [0, 0.05) is 11.6 Å². The van der Waals surface area contributed by atoms with Crippen LogP contribution in [0, 0.1) is 20.8 Å². The van der Waals surface area contributed by atoms with E-state index in [1.807, 2.05) is 45.0 Å². The fraction of sp³-hybridized carbons (Fsp3) is 0.227. The van der Waals surface area contributed by atoms with Gasteiger partial charge in [-0.3, -0.25) is 0 Å². The van der Waals surface area contributed by atoms with Crippen molar-refractivity contribution in [2.45, 2.75) is 27.4 Å². The molecule has 0 radical (unpaired) electrons. The molecule has 0 unspecified atom stereocenters. The minimum atomic E-state index is -0.377. The van der Waals surface area contributed by atoms with E-state index >= 15 is 0 Å². The summed E-state index contributed by atoms with van der Waals surface area (Å²) in [6, 6.07) is 15.4. The van der Waals surface area contributed by atoms with Crippen LogP contribution in [0.2, 0.25) is 0 Å². The highest BCUT2D eigenvalue weighted by atomic mass is 16.5. The van der Waals surface area contributed by atoms with E-state index in [-0.39, 0.29) is 5.97 Å². The van der Waals surface area contributed by atoms with Crippen molar-refractivity contribution in [2.24, 2.45) is 0 Å². The third-order valence-electron chi connectivity index (χ3n) is 4.22. The normalized spacial score (nSPS) is 10.5. The fourth-order valence-corrected chi connectivity index (χ4v) is 2.85. The molecule has 0 bridgehead atoms. The van der Waals surface area contributed by atoms with E-state index in [9.17, 15) is 4.79 Å². The first kappa shape index (κ1) is 18.6. The summed E-state index contributed by atoms with van der Waals surface area (Å²) in [5, 5.41) is 0. The van der Waals surface area contributed by atoms with Crippen LogP contribution in [0.25, 0.3) is 11.3 Å². The van der Waals surface area contributed by atoms with Crippen LogP contribution in [0.4, 0.5) is 0 Å².